The van der Waals surface area contributed by atoms with E-state index in [0.29, 0.717) is 0 Å². The molecule has 0 nitrogen and oxygen atoms in total. The van der Waals surface area contributed by atoms with Gasteiger partial charge in [0.15, 0.2) is 0 Å². The third-order valence-electron chi connectivity index (χ3n) is 0.990. The lowest BCUT2D eigenvalue weighted by Gasteiger charge is -2.08. The Kier molecular flexibility index (Phi) is 1.86. The Morgan fingerprint density at radius 3 is 2.78 bits per heavy atom. The van der Waals surface area contributed by atoms with Gasteiger partial charge in [-0.25, -0.2) is 8.78 Å². The van der Waals surface area contributed by atoms with Crippen LogP contribution in [0.4, 0.5) is 8.78 Å². The van der Waals surface area contributed by atoms with Crippen molar-refractivity contribution in [2.24, 2.45) is 0 Å². The van der Waals surface area contributed by atoms with E-state index >= 15 is 0 Å². The van der Waals surface area contributed by atoms with Gasteiger partial charge < -0.3 is 0 Å². The Bertz CT molecular complexity index is 162. The summed E-state index contributed by atoms with van der Waals surface area (Å²) in [6, 6.07) is 0. The fourth-order valence-electron chi connectivity index (χ4n) is 0.531. The maximum atomic E-state index is 12.3. The van der Waals surface area contributed by atoms with Crippen LogP contribution in [0.5, 0.6) is 0 Å². The summed E-state index contributed by atoms with van der Waals surface area (Å²) in [5.74, 6) is -0.594. The van der Waals surface area contributed by atoms with Gasteiger partial charge in [0, 0.05) is 6.08 Å². The van der Waals surface area contributed by atoms with Gasteiger partial charge in [-0.05, 0) is 12.2 Å². The van der Waals surface area contributed by atoms with E-state index in [9.17, 15) is 8.78 Å². The van der Waals surface area contributed by atoms with E-state index in [1.165, 1.54) is 0 Å². The van der Waals surface area contributed by atoms with Crippen LogP contribution in [-0.4, -0.2) is 11.5 Å². The van der Waals surface area contributed by atoms with Gasteiger partial charge in [-0.1, -0.05) is 0 Å². The van der Waals surface area contributed by atoms with Gasteiger partial charge in [-0.15, -0.1) is 11.6 Å². The van der Waals surface area contributed by atoms with Crippen molar-refractivity contribution in [2.45, 2.75) is 11.5 Å². The van der Waals surface area contributed by atoms with E-state index in [1.54, 1.807) is 0 Å². The minimum Gasteiger partial charge on any atom is -0.241 e. The Hall–Kier alpha value is -0.370. The van der Waals surface area contributed by atoms with Crippen molar-refractivity contribution in [3.05, 3.63) is 24.1 Å². The fourth-order valence-corrected chi connectivity index (χ4v) is 0.714. The molecule has 0 bridgehead atoms. The number of hydrogen-bond donors (Lipinski definition) is 0. The minimum absolute atomic E-state index is 0.594. The van der Waals surface area contributed by atoms with E-state index in [0.717, 1.165) is 12.2 Å². The lowest BCUT2D eigenvalue weighted by molar-refractivity contribution is 0.399. The molecule has 2 unspecified atom stereocenters. The predicted octanol–water partition coefficient (Wildman–Crippen LogP) is 2.16. The monoisotopic (exact) mass is 149 g/mol. The summed E-state index contributed by atoms with van der Waals surface area (Å²) in [6.07, 6.45) is 2.74. The van der Waals surface area contributed by atoms with E-state index in [2.05, 4.69) is 6.08 Å². The van der Waals surface area contributed by atoms with Crippen LogP contribution >= 0.6 is 11.6 Å². The van der Waals surface area contributed by atoms with Crippen molar-refractivity contribution >= 4 is 11.6 Å². The lowest BCUT2D eigenvalue weighted by atomic mass is 10.1. The molecular weight excluding hydrogens is 146 g/mol. The largest absolute Gasteiger partial charge is 0.241 e. The molecule has 0 saturated heterocycles. The SMILES string of the molecule is FC1=CC(Cl)C(F)C=[C]1. The maximum absolute atomic E-state index is 12.3. The predicted molar refractivity (Wildman–Crippen MR) is 31.5 cm³/mol. The molecule has 3 heteroatoms. The van der Waals surface area contributed by atoms with Crippen LogP contribution in [0.25, 0.3) is 0 Å². The molecule has 0 fully saturated rings. The zero-order valence-corrected chi connectivity index (χ0v) is 5.20. The first kappa shape index (κ1) is 6.75. The third-order valence-corrected chi connectivity index (χ3v) is 1.36. The second-order valence-electron chi connectivity index (χ2n) is 1.71. The Morgan fingerprint density at radius 2 is 2.33 bits per heavy atom. The van der Waals surface area contributed by atoms with Crippen molar-refractivity contribution in [3.63, 3.8) is 0 Å². The van der Waals surface area contributed by atoms with Crippen LogP contribution in [0.15, 0.2) is 18.0 Å². The van der Waals surface area contributed by atoms with E-state index in [1.807, 2.05) is 0 Å². The minimum atomic E-state index is -1.30. The van der Waals surface area contributed by atoms with E-state index in [4.69, 9.17) is 11.6 Å². The Labute approximate surface area is 56.8 Å². The van der Waals surface area contributed by atoms with Gasteiger partial charge >= 0.3 is 0 Å². The summed E-state index contributed by atoms with van der Waals surface area (Å²) >= 11 is 5.30. The van der Waals surface area contributed by atoms with Gasteiger partial charge in [0.2, 0.25) is 0 Å². The van der Waals surface area contributed by atoms with Crippen molar-refractivity contribution < 1.29 is 8.78 Å². The number of alkyl halides is 2. The highest BCUT2D eigenvalue weighted by Crippen LogP contribution is 2.18. The normalized spacial score (nSPS) is 34.3. The average molecular weight is 150 g/mol. The van der Waals surface area contributed by atoms with Crippen molar-refractivity contribution in [1.82, 2.24) is 0 Å². The summed E-state index contributed by atoms with van der Waals surface area (Å²) in [5.41, 5.74) is 0. The Morgan fingerprint density at radius 1 is 1.67 bits per heavy atom. The van der Waals surface area contributed by atoms with Crippen LogP contribution in [0, 0.1) is 6.08 Å². The molecule has 0 aromatic carbocycles. The fraction of sp³-hybridized carbons (Fsp3) is 0.333. The quantitative estimate of drug-likeness (QED) is 0.463. The molecular formula is C6H4ClF2. The molecule has 9 heavy (non-hydrogen) atoms. The standard InChI is InChI=1S/C6H4ClF2/c7-5-3-4(8)1-2-6(5)9/h2-3,5-6H. The van der Waals surface area contributed by atoms with Crippen LogP contribution in [0.1, 0.15) is 0 Å². The lowest BCUT2D eigenvalue weighted by Crippen LogP contribution is -2.13. The van der Waals surface area contributed by atoms with Crippen LogP contribution < -0.4 is 0 Å². The van der Waals surface area contributed by atoms with Crippen molar-refractivity contribution in [3.8, 4) is 0 Å². The summed E-state index contributed by atoms with van der Waals surface area (Å²) in [4.78, 5) is 0. The first-order valence-corrected chi connectivity index (χ1v) is 2.89. The van der Waals surface area contributed by atoms with Gasteiger partial charge in [0.05, 0.1) is 5.38 Å². The molecule has 0 spiro atoms. The summed E-state index contributed by atoms with van der Waals surface area (Å²) < 4.78 is 24.4. The average Bonchev–Trinajstić information content (AvgIpc) is 1.80. The molecule has 1 aliphatic carbocycles. The highest BCUT2D eigenvalue weighted by Gasteiger charge is 2.17. The highest BCUT2D eigenvalue weighted by atomic mass is 35.5. The van der Waals surface area contributed by atoms with Gasteiger partial charge in [-0.2, -0.15) is 0 Å². The van der Waals surface area contributed by atoms with Crippen molar-refractivity contribution in [1.29, 1.82) is 0 Å². The van der Waals surface area contributed by atoms with E-state index in [-0.39, 0.29) is 0 Å². The van der Waals surface area contributed by atoms with Crippen molar-refractivity contribution in [2.75, 3.05) is 0 Å². The number of halogens is 3. The maximum Gasteiger partial charge on any atom is 0.139 e. The molecule has 0 aromatic heterocycles. The summed E-state index contributed by atoms with van der Waals surface area (Å²) in [5, 5.41) is -0.869. The smallest absolute Gasteiger partial charge is 0.139 e. The molecule has 0 heterocycles. The Balaban J connectivity index is 2.70. The molecule has 2 atom stereocenters. The molecule has 1 rings (SSSR count). The molecule has 0 N–H and O–H groups in total. The molecule has 0 aromatic rings. The number of allylic oxidation sites excluding steroid dienone is 4. The molecule has 49 valence electrons. The summed E-state index contributed by atoms with van der Waals surface area (Å²) in [6.45, 7) is 0. The van der Waals surface area contributed by atoms with Crippen LogP contribution in [-0.2, 0) is 0 Å². The van der Waals surface area contributed by atoms with E-state index < -0.39 is 17.4 Å². The second kappa shape index (κ2) is 2.48. The molecule has 1 radical (unpaired) electrons. The topological polar surface area (TPSA) is 0 Å². The summed E-state index contributed by atoms with van der Waals surface area (Å²) in [7, 11) is 0. The number of hydrogen-bond acceptors (Lipinski definition) is 0. The van der Waals surface area contributed by atoms with Gasteiger partial charge in [0.25, 0.3) is 0 Å². The zero-order valence-electron chi connectivity index (χ0n) is 4.44. The molecule has 1 aliphatic rings. The van der Waals surface area contributed by atoms with Crippen LogP contribution in [0.3, 0.4) is 0 Å². The second-order valence-corrected chi connectivity index (χ2v) is 2.22. The van der Waals surface area contributed by atoms with Gasteiger partial charge in [-0.3, -0.25) is 0 Å². The zero-order chi connectivity index (χ0) is 6.85. The molecule has 0 aliphatic heterocycles. The first-order chi connectivity index (χ1) is 4.20. The first-order valence-electron chi connectivity index (χ1n) is 2.45. The third kappa shape index (κ3) is 1.52. The van der Waals surface area contributed by atoms with Crippen LogP contribution in [0.2, 0.25) is 0 Å². The molecule has 0 saturated carbocycles. The van der Waals surface area contributed by atoms with Gasteiger partial charge in [0.1, 0.15) is 12.0 Å². The number of rotatable bonds is 0. The highest BCUT2D eigenvalue weighted by molar-refractivity contribution is 6.22. The molecule has 0 amide bonds.